The van der Waals surface area contributed by atoms with Crippen molar-refractivity contribution in [3.8, 4) is 11.5 Å². The molecule has 112 valence electrons. The molecule has 1 N–H and O–H groups in total. The predicted molar refractivity (Wildman–Crippen MR) is 84.7 cm³/mol. The van der Waals surface area contributed by atoms with Crippen LogP contribution in [-0.4, -0.2) is 24.4 Å². The van der Waals surface area contributed by atoms with E-state index in [1.54, 1.807) is 26.2 Å². The Morgan fingerprint density at radius 3 is 2.52 bits per heavy atom. The summed E-state index contributed by atoms with van der Waals surface area (Å²) in [5, 5.41) is 4.29. The van der Waals surface area contributed by atoms with Crippen LogP contribution in [0.3, 0.4) is 0 Å². The van der Waals surface area contributed by atoms with Crippen molar-refractivity contribution in [2.75, 3.05) is 19.5 Å². The Labute approximate surface area is 132 Å². The van der Waals surface area contributed by atoms with Gasteiger partial charge in [0.25, 0.3) is 0 Å². The highest BCUT2D eigenvalue weighted by Gasteiger charge is 2.17. The molecule has 2 aromatic rings. The molecule has 0 aliphatic rings. The number of carbonyl (C=O) groups excluding carboxylic acids is 1. The van der Waals surface area contributed by atoms with Gasteiger partial charge < -0.3 is 14.8 Å². The van der Waals surface area contributed by atoms with Gasteiger partial charge in [0.2, 0.25) is 0 Å². The molecule has 0 bridgehead atoms. The number of hydrogen-bond donors (Lipinski definition) is 1. The molecule has 2 rings (SSSR count). The van der Waals surface area contributed by atoms with Crippen LogP contribution < -0.4 is 14.8 Å². The van der Waals surface area contributed by atoms with Gasteiger partial charge in [-0.2, -0.15) is 4.37 Å². The van der Waals surface area contributed by atoms with E-state index in [4.69, 9.17) is 21.1 Å². The van der Waals surface area contributed by atoms with Crippen molar-refractivity contribution in [2.24, 2.45) is 0 Å². The summed E-state index contributed by atoms with van der Waals surface area (Å²) in [4.78, 5) is 11.7. The van der Waals surface area contributed by atoms with Gasteiger partial charge in [0.15, 0.2) is 5.78 Å². The van der Waals surface area contributed by atoms with Gasteiger partial charge in [-0.3, -0.25) is 4.79 Å². The second-order valence-electron chi connectivity index (χ2n) is 4.34. The first-order chi connectivity index (χ1) is 9.97. The molecule has 0 unspecified atom stereocenters. The maximum absolute atomic E-state index is 11.7. The van der Waals surface area contributed by atoms with Crippen LogP contribution in [0.1, 0.15) is 23.0 Å². The molecule has 0 atom stereocenters. The molecule has 0 amide bonds. The molecular weight excluding hydrogens is 312 g/mol. The zero-order valence-electron chi connectivity index (χ0n) is 12.1. The second-order valence-corrected chi connectivity index (χ2v) is 5.52. The van der Waals surface area contributed by atoms with Gasteiger partial charge in [-0.15, -0.1) is 0 Å². The maximum Gasteiger partial charge on any atom is 0.164 e. The Hall–Kier alpha value is -1.79. The molecular formula is C14H15ClN2O3S. The Morgan fingerprint density at radius 2 is 1.95 bits per heavy atom. The van der Waals surface area contributed by atoms with Crippen LogP contribution in [0.15, 0.2) is 12.1 Å². The largest absolute Gasteiger partial charge is 0.495 e. The van der Waals surface area contributed by atoms with E-state index < -0.39 is 0 Å². The minimum absolute atomic E-state index is 0.0383. The number of ketones is 1. The Bertz CT molecular complexity index is 685. The standard InChI is InChI=1S/C14H15ClN2O3S/c1-7-13(8(2)18)14(21-17-7)16-10-6-11(19-3)9(15)5-12(10)20-4/h5-6,16H,1-4H3. The summed E-state index contributed by atoms with van der Waals surface area (Å²) in [6.07, 6.45) is 0. The van der Waals surface area contributed by atoms with Gasteiger partial charge in [-0.25, -0.2) is 0 Å². The number of Topliss-reactive ketones (excluding diaryl/α,β-unsaturated/α-hetero) is 1. The zero-order valence-corrected chi connectivity index (χ0v) is 13.7. The van der Waals surface area contributed by atoms with Crippen molar-refractivity contribution < 1.29 is 14.3 Å². The zero-order chi connectivity index (χ0) is 15.6. The number of methoxy groups -OCH3 is 2. The number of carbonyl (C=O) groups is 1. The lowest BCUT2D eigenvalue weighted by Crippen LogP contribution is -2.00. The summed E-state index contributed by atoms with van der Waals surface area (Å²) in [7, 11) is 3.09. The van der Waals surface area contributed by atoms with E-state index >= 15 is 0 Å². The second kappa shape index (κ2) is 6.32. The lowest BCUT2D eigenvalue weighted by atomic mass is 10.2. The molecule has 1 aromatic carbocycles. The van der Waals surface area contributed by atoms with Crippen molar-refractivity contribution in [1.82, 2.24) is 4.37 Å². The van der Waals surface area contributed by atoms with Crippen molar-refractivity contribution >= 4 is 39.6 Å². The Morgan fingerprint density at radius 1 is 1.29 bits per heavy atom. The van der Waals surface area contributed by atoms with Crippen LogP contribution >= 0.6 is 23.1 Å². The molecule has 0 spiro atoms. The van der Waals surface area contributed by atoms with E-state index in [0.717, 1.165) is 0 Å². The van der Waals surface area contributed by atoms with Crippen molar-refractivity contribution in [3.63, 3.8) is 0 Å². The van der Waals surface area contributed by atoms with E-state index in [0.29, 0.717) is 38.5 Å². The lowest BCUT2D eigenvalue weighted by molar-refractivity contribution is 0.101. The molecule has 0 aliphatic heterocycles. The fourth-order valence-corrected chi connectivity index (χ4v) is 3.04. The molecule has 0 radical (unpaired) electrons. The van der Waals surface area contributed by atoms with Gasteiger partial charge in [0.1, 0.15) is 16.5 Å². The number of benzene rings is 1. The Kier molecular flexibility index (Phi) is 4.69. The highest BCUT2D eigenvalue weighted by Crippen LogP contribution is 2.39. The van der Waals surface area contributed by atoms with E-state index in [2.05, 4.69) is 9.69 Å². The SMILES string of the molecule is COc1cc(Nc2snc(C)c2C(C)=O)c(OC)cc1Cl. The quantitative estimate of drug-likeness (QED) is 0.839. The first-order valence-corrected chi connectivity index (χ1v) is 7.28. The molecule has 0 saturated heterocycles. The number of aryl methyl sites for hydroxylation is 1. The number of ether oxygens (including phenoxy) is 2. The average Bonchev–Trinajstić information content (AvgIpc) is 2.81. The summed E-state index contributed by atoms with van der Waals surface area (Å²) in [6.45, 7) is 3.32. The van der Waals surface area contributed by atoms with Crippen molar-refractivity contribution in [3.05, 3.63) is 28.4 Å². The minimum atomic E-state index is -0.0383. The molecule has 0 aliphatic carbocycles. The van der Waals surface area contributed by atoms with Crippen LogP contribution in [0.25, 0.3) is 0 Å². The minimum Gasteiger partial charge on any atom is -0.495 e. The van der Waals surface area contributed by atoms with Crippen LogP contribution in [0.4, 0.5) is 10.7 Å². The van der Waals surface area contributed by atoms with Crippen LogP contribution in [-0.2, 0) is 0 Å². The number of nitrogens with one attached hydrogen (secondary N) is 1. The maximum atomic E-state index is 11.7. The fraction of sp³-hybridized carbons (Fsp3) is 0.286. The Balaban J connectivity index is 2.46. The van der Waals surface area contributed by atoms with Crippen molar-refractivity contribution in [2.45, 2.75) is 13.8 Å². The van der Waals surface area contributed by atoms with Gasteiger partial charge in [0.05, 0.1) is 36.2 Å². The molecule has 0 saturated carbocycles. The third-order valence-corrected chi connectivity index (χ3v) is 4.09. The highest BCUT2D eigenvalue weighted by atomic mass is 35.5. The number of rotatable bonds is 5. The summed E-state index contributed by atoms with van der Waals surface area (Å²) in [6, 6.07) is 3.38. The fourth-order valence-electron chi connectivity index (χ4n) is 1.95. The smallest absolute Gasteiger partial charge is 0.164 e. The van der Waals surface area contributed by atoms with E-state index in [-0.39, 0.29) is 5.78 Å². The van der Waals surface area contributed by atoms with E-state index in [1.807, 2.05) is 0 Å². The number of hydrogen-bond acceptors (Lipinski definition) is 6. The van der Waals surface area contributed by atoms with E-state index in [1.165, 1.54) is 25.6 Å². The normalized spacial score (nSPS) is 10.3. The van der Waals surface area contributed by atoms with Gasteiger partial charge >= 0.3 is 0 Å². The molecule has 21 heavy (non-hydrogen) atoms. The first-order valence-electron chi connectivity index (χ1n) is 6.13. The molecule has 7 heteroatoms. The summed E-state index contributed by atoms with van der Waals surface area (Å²) < 4.78 is 14.7. The molecule has 1 heterocycles. The lowest BCUT2D eigenvalue weighted by Gasteiger charge is -2.13. The first kappa shape index (κ1) is 15.6. The third kappa shape index (κ3) is 3.11. The molecule has 1 aromatic heterocycles. The van der Waals surface area contributed by atoms with E-state index in [9.17, 15) is 4.79 Å². The highest BCUT2D eigenvalue weighted by molar-refractivity contribution is 7.10. The third-order valence-electron chi connectivity index (χ3n) is 2.94. The summed E-state index contributed by atoms with van der Waals surface area (Å²) >= 11 is 7.30. The predicted octanol–water partition coefficient (Wildman–Crippen LogP) is 4.07. The number of nitrogens with zero attached hydrogens (tertiary/aromatic N) is 1. The summed E-state index contributed by atoms with van der Waals surface area (Å²) in [5.41, 5.74) is 1.94. The van der Waals surface area contributed by atoms with Crippen LogP contribution in [0.2, 0.25) is 5.02 Å². The van der Waals surface area contributed by atoms with Gasteiger partial charge in [-0.1, -0.05) is 11.6 Å². The van der Waals surface area contributed by atoms with Crippen LogP contribution in [0, 0.1) is 6.92 Å². The van der Waals surface area contributed by atoms with Gasteiger partial charge in [-0.05, 0) is 25.4 Å². The monoisotopic (exact) mass is 326 g/mol. The number of halogens is 1. The van der Waals surface area contributed by atoms with Crippen molar-refractivity contribution in [1.29, 1.82) is 0 Å². The topological polar surface area (TPSA) is 60.5 Å². The molecule has 5 nitrogen and oxygen atoms in total. The molecule has 0 fully saturated rings. The van der Waals surface area contributed by atoms with Gasteiger partial charge in [0, 0.05) is 12.1 Å². The summed E-state index contributed by atoms with van der Waals surface area (Å²) in [5.74, 6) is 1.04. The van der Waals surface area contributed by atoms with Crippen LogP contribution in [0.5, 0.6) is 11.5 Å². The number of anilines is 2. The number of aromatic nitrogens is 1. The average molecular weight is 327 g/mol.